The molecule has 1 atom stereocenters. The average Bonchev–Trinajstić information content (AvgIpc) is 3.16. The summed E-state index contributed by atoms with van der Waals surface area (Å²) in [6.45, 7) is 5.33. The molecule has 1 fully saturated rings. The van der Waals surface area contributed by atoms with Crippen molar-refractivity contribution in [1.82, 2.24) is 10.6 Å². The Morgan fingerprint density at radius 3 is 2.68 bits per heavy atom. The van der Waals surface area contributed by atoms with Gasteiger partial charge in [-0.05, 0) is 43.2 Å². The number of phenols is 1. The first-order valence-corrected chi connectivity index (χ1v) is 9.40. The molecule has 3 N–H and O–H groups in total. The van der Waals surface area contributed by atoms with Gasteiger partial charge in [0, 0.05) is 25.7 Å². The van der Waals surface area contributed by atoms with E-state index in [2.05, 4.69) is 33.5 Å². The molecule has 1 unspecified atom stereocenters. The maximum absolute atomic E-state index is 9.39. The molecule has 28 heavy (non-hydrogen) atoms. The second-order valence-corrected chi connectivity index (χ2v) is 6.61. The van der Waals surface area contributed by atoms with Gasteiger partial charge in [-0.3, -0.25) is 0 Å². The Labute approximate surface area is 184 Å². The number of aromatic hydroxyl groups is 1. The summed E-state index contributed by atoms with van der Waals surface area (Å²) in [4.78, 5) is 7.03. The summed E-state index contributed by atoms with van der Waals surface area (Å²) in [5.41, 5.74) is 2.20. The first kappa shape index (κ1) is 22.1. The summed E-state index contributed by atoms with van der Waals surface area (Å²) in [6, 6.07) is 15.6. The highest BCUT2D eigenvalue weighted by atomic mass is 127. The van der Waals surface area contributed by atoms with Crippen LogP contribution in [0.1, 0.15) is 18.9 Å². The van der Waals surface area contributed by atoms with Crippen molar-refractivity contribution >= 4 is 35.6 Å². The van der Waals surface area contributed by atoms with E-state index in [0.29, 0.717) is 12.6 Å². The van der Waals surface area contributed by atoms with Crippen LogP contribution in [-0.2, 0) is 6.54 Å². The van der Waals surface area contributed by atoms with Crippen molar-refractivity contribution in [3.63, 3.8) is 0 Å². The minimum atomic E-state index is 0. The van der Waals surface area contributed by atoms with Gasteiger partial charge in [-0.15, -0.1) is 24.0 Å². The van der Waals surface area contributed by atoms with Gasteiger partial charge in [-0.1, -0.05) is 24.3 Å². The van der Waals surface area contributed by atoms with Gasteiger partial charge in [0.1, 0.15) is 11.5 Å². The number of ether oxygens (including phenoxy) is 1. The summed E-state index contributed by atoms with van der Waals surface area (Å²) in [5.74, 6) is 2.00. The molecular formula is C21H29IN4O2. The van der Waals surface area contributed by atoms with E-state index in [1.165, 1.54) is 0 Å². The van der Waals surface area contributed by atoms with Gasteiger partial charge in [0.15, 0.2) is 5.96 Å². The van der Waals surface area contributed by atoms with Crippen molar-refractivity contribution in [3.05, 3.63) is 54.1 Å². The Bertz CT molecular complexity index is 767. The molecule has 0 radical (unpaired) electrons. The standard InChI is InChI=1S/C21H28N4O2.HI/c1-3-22-21(23-14-16-8-10-18(26)11-9-16)24-17-12-13-25(15-17)19-6-4-5-7-20(19)27-2;/h4-11,17,26H,3,12-15H2,1-2H3,(H2,22,23,24);1H. The summed E-state index contributed by atoms with van der Waals surface area (Å²) >= 11 is 0. The van der Waals surface area contributed by atoms with E-state index in [0.717, 1.165) is 49.0 Å². The SMILES string of the molecule is CCNC(=NCc1ccc(O)cc1)NC1CCN(c2ccccc2OC)C1.I. The van der Waals surface area contributed by atoms with E-state index in [-0.39, 0.29) is 29.7 Å². The van der Waals surface area contributed by atoms with Crippen molar-refractivity contribution in [3.8, 4) is 11.5 Å². The highest BCUT2D eigenvalue weighted by Crippen LogP contribution is 2.30. The molecule has 0 spiro atoms. The number of halogens is 1. The summed E-state index contributed by atoms with van der Waals surface area (Å²) in [5, 5.41) is 16.2. The molecule has 0 amide bonds. The van der Waals surface area contributed by atoms with Crippen LogP contribution in [0.2, 0.25) is 0 Å². The predicted octanol–water partition coefficient (Wildman–Crippen LogP) is 3.35. The molecule has 1 saturated heterocycles. The molecule has 2 aromatic carbocycles. The lowest BCUT2D eigenvalue weighted by atomic mass is 10.2. The van der Waals surface area contributed by atoms with Crippen LogP contribution in [0, 0.1) is 0 Å². The van der Waals surface area contributed by atoms with Crippen LogP contribution in [-0.4, -0.2) is 43.9 Å². The van der Waals surface area contributed by atoms with Crippen molar-refractivity contribution in [2.75, 3.05) is 31.6 Å². The Morgan fingerprint density at radius 1 is 1.21 bits per heavy atom. The van der Waals surface area contributed by atoms with Crippen LogP contribution in [0.15, 0.2) is 53.5 Å². The Morgan fingerprint density at radius 2 is 1.96 bits per heavy atom. The fourth-order valence-electron chi connectivity index (χ4n) is 3.27. The molecular weight excluding hydrogens is 467 g/mol. The van der Waals surface area contributed by atoms with Crippen LogP contribution in [0.5, 0.6) is 11.5 Å². The Balaban J connectivity index is 0.00000280. The first-order chi connectivity index (χ1) is 13.2. The first-order valence-electron chi connectivity index (χ1n) is 9.40. The van der Waals surface area contributed by atoms with E-state index in [9.17, 15) is 5.11 Å². The molecule has 1 heterocycles. The fourth-order valence-corrected chi connectivity index (χ4v) is 3.27. The van der Waals surface area contributed by atoms with Gasteiger partial charge in [0.05, 0.1) is 19.3 Å². The quantitative estimate of drug-likeness (QED) is 0.325. The van der Waals surface area contributed by atoms with Gasteiger partial charge in [0.25, 0.3) is 0 Å². The number of methoxy groups -OCH3 is 1. The number of para-hydroxylation sites is 2. The predicted molar refractivity (Wildman–Crippen MR) is 125 cm³/mol. The second-order valence-electron chi connectivity index (χ2n) is 6.61. The number of nitrogens with zero attached hydrogens (tertiary/aromatic N) is 2. The Kier molecular flexibility index (Phi) is 8.69. The van der Waals surface area contributed by atoms with Gasteiger partial charge in [-0.2, -0.15) is 0 Å². The number of aliphatic imine (C=N–C) groups is 1. The monoisotopic (exact) mass is 496 g/mol. The number of guanidine groups is 1. The smallest absolute Gasteiger partial charge is 0.191 e. The molecule has 1 aliphatic heterocycles. The van der Waals surface area contributed by atoms with Crippen molar-refractivity contribution < 1.29 is 9.84 Å². The van der Waals surface area contributed by atoms with Crippen LogP contribution in [0.4, 0.5) is 5.69 Å². The molecule has 0 bridgehead atoms. The zero-order valence-corrected chi connectivity index (χ0v) is 18.7. The van der Waals surface area contributed by atoms with Crippen molar-refractivity contribution in [1.29, 1.82) is 0 Å². The number of phenolic OH excluding ortho intramolecular Hbond substituents is 1. The van der Waals surface area contributed by atoms with Gasteiger partial charge in [0.2, 0.25) is 0 Å². The van der Waals surface area contributed by atoms with Gasteiger partial charge in [-0.25, -0.2) is 4.99 Å². The van der Waals surface area contributed by atoms with Crippen LogP contribution >= 0.6 is 24.0 Å². The van der Waals surface area contributed by atoms with E-state index in [1.54, 1.807) is 19.2 Å². The van der Waals surface area contributed by atoms with E-state index in [4.69, 9.17) is 4.74 Å². The third-order valence-corrected chi connectivity index (χ3v) is 4.66. The lowest BCUT2D eigenvalue weighted by Crippen LogP contribution is -2.44. The maximum atomic E-state index is 9.39. The van der Waals surface area contributed by atoms with Gasteiger partial charge < -0.3 is 25.4 Å². The molecule has 7 heteroatoms. The molecule has 0 aromatic heterocycles. The van der Waals surface area contributed by atoms with Crippen LogP contribution in [0.25, 0.3) is 0 Å². The number of nitrogens with one attached hydrogen (secondary N) is 2. The molecule has 0 saturated carbocycles. The van der Waals surface area contributed by atoms with Gasteiger partial charge >= 0.3 is 0 Å². The highest BCUT2D eigenvalue weighted by molar-refractivity contribution is 14.0. The minimum absolute atomic E-state index is 0. The molecule has 152 valence electrons. The van der Waals surface area contributed by atoms with E-state index < -0.39 is 0 Å². The van der Waals surface area contributed by atoms with Crippen LogP contribution in [0.3, 0.4) is 0 Å². The van der Waals surface area contributed by atoms with Crippen molar-refractivity contribution in [2.24, 2.45) is 4.99 Å². The average molecular weight is 496 g/mol. The lowest BCUT2D eigenvalue weighted by Gasteiger charge is -2.22. The van der Waals surface area contributed by atoms with E-state index in [1.807, 2.05) is 30.3 Å². The highest BCUT2D eigenvalue weighted by Gasteiger charge is 2.25. The molecule has 2 aromatic rings. The molecule has 1 aliphatic rings. The minimum Gasteiger partial charge on any atom is -0.508 e. The summed E-state index contributed by atoms with van der Waals surface area (Å²) in [6.07, 6.45) is 1.04. The third kappa shape index (κ3) is 5.92. The normalized spacial score (nSPS) is 16.4. The maximum Gasteiger partial charge on any atom is 0.191 e. The third-order valence-electron chi connectivity index (χ3n) is 4.66. The lowest BCUT2D eigenvalue weighted by molar-refractivity contribution is 0.415. The zero-order chi connectivity index (χ0) is 19.1. The number of rotatable bonds is 6. The second kappa shape index (κ2) is 11.0. The molecule has 3 rings (SSSR count). The number of anilines is 1. The molecule has 6 nitrogen and oxygen atoms in total. The Hall–Kier alpha value is -2.16. The number of hydrogen-bond acceptors (Lipinski definition) is 4. The zero-order valence-electron chi connectivity index (χ0n) is 16.4. The van der Waals surface area contributed by atoms with Crippen LogP contribution < -0.4 is 20.3 Å². The van der Waals surface area contributed by atoms with E-state index >= 15 is 0 Å². The molecule has 0 aliphatic carbocycles. The largest absolute Gasteiger partial charge is 0.508 e. The summed E-state index contributed by atoms with van der Waals surface area (Å²) < 4.78 is 5.49. The van der Waals surface area contributed by atoms with Crippen molar-refractivity contribution in [2.45, 2.75) is 25.9 Å². The number of benzene rings is 2. The topological polar surface area (TPSA) is 69.1 Å². The summed E-state index contributed by atoms with van der Waals surface area (Å²) in [7, 11) is 1.71. The fraction of sp³-hybridized carbons (Fsp3) is 0.381. The number of hydrogen-bond donors (Lipinski definition) is 3.